The first-order chi connectivity index (χ1) is 10.0. The lowest BCUT2D eigenvalue weighted by Gasteiger charge is -2.06. The van der Waals surface area contributed by atoms with E-state index in [1.54, 1.807) is 18.2 Å². The smallest absolute Gasteiger partial charge is 0.308 e. The molecule has 108 valence electrons. The van der Waals surface area contributed by atoms with Crippen molar-refractivity contribution in [2.75, 3.05) is 0 Å². The van der Waals surface area contributed by atoms with Crippen LogP contribution in [0.1, 0.15) is 17.3 Å². The van der Waals surface area contributed by atoms with Crippen LogP contribution in [-0.4, -0.2) is 21.2 Å². The van der Waals surface area contributed by atoms with Gasteiger partial charge >= 0.3 is 5.97 Å². The SMILES string of the molecule is CC(=O)Oc1ccc2occ(C(=O)C3C=CC(Br)S3)c2c1. The van der Waals surface area contributed by atoms with Crippen molar-refractivity contribution in [2.45, 2.75) is 16.3 Å². The van der Waals surface area contributed by atoms with Gasteiger partial charge in [-0.05, 0) is 18.2 Å². The molecule has 21 heavy (non-hydrogen) atoms. The highest BCUT2D eigenvalue weighted by atomic mass is 79.9. The Hall–Kier alpha value is -1.53. The van der Waals surface area contributed by atoms with Gasteiger partial charge in [-0.25, -0.2) is 0 Å². The van der Waals surface area contributed by atoms with Crippen molar-refractivity contribution in [3.63, 3.8) is 0 Å². The summed E-state index contributed by atoms with van der Waals surface area (Å²) in [6.45, 7) is 1.34. The highest BCUT2D eigenvalue weighted by Gasteiger charge is 2.27. The van der Waals surface area contributed by atoms with Crippen LogP contribution in [0.5, 0.6) is 5.75 Å². The molecule has 2 heterocycles. The zero-order valence-electron chi connectivity index (χ0n) is 11.0. The molecule has 1 aromatic heterocycles. The van der Waals surface area contributed by atoms with Crippen molar-refractivity contribution in [3.8, 4) is 5.75 Å². The van der Waals surface area contributed by atoms with Gasteiger partial charge in [-0.2, -0.15) is 0 Å². The molecule has 3 rings (SSSR count). The third kappa shape index (κ3) is 2.91. The number of ketones is 1. The fourth-order valence-corrected chi connectivity index (χ4v) is 3.92. The minimum atomic E-state index is -0.401. The van der Waals surface area contributed by atoms with Crippen LogP contribution in [0.4, 0.5) is 0 Å². The maximum absolute atomic E-state index is 12.5. The molecule has 0 saturated carbocycles. The van der Waals surface area contributed by atoms with Gasteiger partial charge < -0.3 is 9.15 Å². The lowest BCUT2D eigenvalue weighted by molar-refractivity contribution is -0.131. The Morgan fingerprint density at radius 3 is 2.81 bits per heavy atom. The van der Waals surface area contributed by atoms with Crippen LogP contribution in [0, 0.1) is 0 Å². The Morgan fingerprint density at radius 1 is 1.33 bits per heavy atom. The summed E-state index contributed by atoms with van der Waals surface area (Å²) in [6, 6.07) is 4.98. The lowest BCUT2D eigenvalue weighted by Crippen LogP contribution is -2.12. The van der Waals surface area contributed by atoms with Crippen molar-refractivity contribution in [1.29, 1.82) is 0 Å². The quantitative estimate of drug-likeness (QED) is 0.271. The van der Waals surface area contributed by atoms with Crippen molar-refractivity contribution < 1.29 is 18.7 Å². The molecular weight excluding hydrogens is 356 g/mol. The maximum atomic E-state index is 12.5. The number of carbonyl (C=O) groups is 2. The first-order valence-electron chi connectivity index (χ1n) is 6.26. The van der Waals surface area contributed by atoms with Gasteiger partial charge in [-0.1, -0.05) is 28.1 Å². The van der Waals surface area contributed by atoms with Crippen LogP contribution in [0.25, 0.3) is 11.0 Å². The van der Waals surface area contributed by atoms with Crippen molar-refractivity contribution in [1.82, 2.24) is 0 Å². The van der Waals surface area contributed by atoms with E-state index in [1.165, 1.54) is 24.9 Å². The maximum Gasteiger partial charge on any atom is 0.308 e. The molecule has 0 amide bonds. The number of furan rings is 1. The second kappa shape index (κ2) is 5.69. The van der Waals surface area contributed by atoms with Crippen LogP contribution >= 0.6 is 27.7 Å². The van der Waals surface area contributed by atoms with Crippen LogP contribution < -0.4 is 4.74 Å². The Kier molecular flexibility index (Phi) is 3.91. The van der Waals surface area contributed by atoms with E-state index in [-0.39, 0.29) is 15.2 Å². The Bertz CT molecular complexity index is 749. The molecule has 4 nitrogen and oxygen atoms in total. The first-order valence-corrected chi connectivity index (χ1v) is 8.12. The van der Waals surface area contributed by atoms with E-state index >= 15 is 0 Å². The lowest BCUT2D eigenvalue weighted by atomic mass is 10.1. The minimum Gasteiger partial charge on any atom is -0.464 e. The molecule has 0 fully saturated rings. The summed E-state index contributed by atoms with van der Waals surface area (Å²) < 4.78 is 10.6. The summed E-state index contributed by atoms with van der Waals surface area (Å²) in [4.78, 5) is 23.6. The predicted octanol–water partition coefficient (Wildman–Crippen LogP) is 3.93. The molecule has 0 saturated heterocycles. The topological polar surface area (TPSA) is 56.5 Å². The first kappa shape index (κ1) is 14.4. The molecule has 0 spiro atoms. The molecule has 2 aromatic rings. The summed E-state index contributed by atoms with van der Waals surface area (Å²) in [7, 11) is 0. The number of thioether (sulfide) groups is 1. The molecule has 0 N–H and O–H groups in total. The molecule has 2 atom stereocenters. The molecule has 1 aliphatic rings. The fourth-order valence-electron chi connectivity index (χ4n) is 2.15. The summed E-state index contributed by atoms with van der Waals surface area (Å²) in [5, 5.41) is 0.429. The number of fused-ring (bicyclic) bond motifs is 1. The van der Waals surface area contributed by atoms with Gasteiger partial charge in [-0.3, -0.25) is 9.59 Å². The van der Waals surface area contributed by atoms with Gasteiger partial charge in [-0.15, -0.1) is 11.8 Å². The Balaban J connectivity index is 1.96. The predicted molar refractivity (Wildman–Crippen MR) is 85.1 cm³/mol. The van der Waals surface area contributed by atoms with Gasteiger partial charge in [0.25, 0.3) is 0 Å². The van der Waals surface area contributed by atoms with Crippen molar-refractivity contribution in [3.05, 3.63) is 42.2 Å². The van der Waals surface area contributed by atoms with Crippen LogP contribution in [-0.2, 0) is 4.79 Å². The van der Waals surface area contributed by atoms with Gasteiger partial charge in [0.1, 0.15) is 17.6 Å². The number of hydrogen-bond donors (Lipinski definition) is 0. The minimum absolute atomic E-state index is 0.0167. The van der Waals surface area contributed by atoms with Gasteiger partial charge in [0.15, 0.2) is 5.78 Å². The number of esters is 1. The summed E-state index contributed by atoms with van der Waals surface area (Å²) in [5.41, 5.74) is 1.10. The third-order valence-electron chi connectivity index (χ3n) is 3.04. The van der Waals surface area contributed by atoms with E-state index in [9.17, 15) is 9.59 Å². The zero-order chi connectivity index (χ0) is 15.0. The number of rotatable bonds is 3. The normalized spacial score (nSPS) is 20.9. The van der Waals surface area contributed by atoms with Gasteiger partial charge in [0.05, 0.1) is 15.0 Å². The number of Topliss-reactive ketones (excluding diaryl/α,β-unsaturated/α-hetero) is 1. The molecule has 0 bridgehead atoms. The molecule has 6 heteroatoms. The number of halogens is 1. The Labute approximate surface area is 133 Å². The number of carbonyl (C=O) groups excluding carboxylic acids is 2. The number of benzene rings is 1. The molecule has 0 radical (unpaired) electrons. The second-order valence-corrected chi connectivity index (χ2v) is 7.44. The zero-order valence-corrected chi connectivity index (χ0v) is 13.4. The fraction of sp³-hybridized carbons (Fsp3) is 0.200. The largest absolute Gasteiger partial charge is 0.464 e. The monoisotopic (exact) mass is 366 g/mol. The van der Waals surface area contributed by atoms with Gasteiger partial charge in [0.2, 0.25) is 0 Å². The molecule has 2 unspecified atom stereocenters. The average Bonchev–Trinajstić information content (AvgIpc) is 3.03. The highest BCUT2D eigenvalue weighted by molar-refractivity contribution is 9.11. The average molecular weight is 367 g/mol. The van der Waals surface area contributed by atoms with Crippen LogP contribution in [0.3, 0.4) is 0 Å². The number of ether oxygens (including phenoxy) is 1. The van der Waals surface area contributed by atoms with Crippen LogP contribution in [0.15, 0.2) is 41.0 Å². The van der Waals surface area contributed by atoms with E-state index in [0.29, 0.717) is 22.3 Å². The number of alkyl halides is 1. The summed E-state index contributed by atoms with van der Waals surface area (Å²) >= 11 is 4.97. The molecule has 1 aliphatic heterocycles. The van der Waals surface area contributed by atoms with E-state index in [2.05, 4.69) is 15.9 Å². The van der Waals surface area contributed by atoms with Crippen molar-refractivity contribution in [2.24, 2.45) is 0 Å². The molecular formula is C15H11BrO4S. The van der Waals surface area contributed by atoms with Crippen LogP contribution in [0.2, 0.25) is 0 Å². The molecule has 0 aliphatic carbocycles. The standard InChI is InChI=1S/C15H11BrO4S/c1-8(17)20-9-2-3-12-10(6-9)11(7-19-12)15(18)13-4-5-14(16)21-13/h2-7,13-14H,1H3. The Morgan fingerprint density at radius 2 is 2.14 bits per heavy atom. The van der Waals surface area contributed by atoms with Gasteiger partial charge in [0, 0.05) is 12.3 Å². The van der Waals surface area contributed by atoms with E-state index < -0.39 is 5.97 Å². The molecule has 1 aromatic carbocycles. The summed E-state index contributed by atoms with van der Waals surface area (Å²) in [5.74, 6) is -0.0162. The summed E-state index contributed by atoms with van der Waals surface area (Å²) in [6.07, 6.45) is 5.28. The van der Waals surface area contributed by atoms with E-state index in [0.717, 1.165) is 0 Å². The van der Waals surface area contributed by atoms with Crippen molar-refractivity contribution >= 4 is 50.4 Å². The highest BCUT2D eigenvalue weighted by Crippen LogP contribution is 2.35. The third-order valence-corrected chi connectivity index (χ3v) is 5.08. The second-order valence-electron chi connectivity index (χ2n) is 4.56. The number of hydrogen-bond acceptors (Lipinski definition) is 5. The van der Waals surface area contributed by atoms with E-state index in [1.807, 2.05) is 12.2 Å². The van der Waals surface area contributed by atoms with E-state index in [4.69, 9.17) is 9.15 Å².